The number of nitrogens with one attached hydrogen (secondary N) is 1. The van der Waals surface area contributed by atoms with E-state index in [1.807, 2.05) is 12.1 Å². The standard InChI is InChI=1S/C18H17ClF3NO3/c19-15-7-13(8-16-17(15)25-6-5-24-16)10-23-9-12-1-3-14(4-2-12)26-11-18(20,21)22/h1-4,7-8,23H,5-6,9-11H2. The Bertz CT molecular complexity index is 751. The minimum atomic E-state index is -4.34. The van der Waals surface area contributed by atoms with Crippen LogP contribution in [0.4, 0.5) is 13.2 Å². The van der Waals surface area contributed by atoms with Crippen LogP contribution >= 0.6 is 11.6 Å². The van der Waals surface area contributed by atoms with Gasteiger partial charge in [0.25, 0.3) is 0 Å². The van der Waals surface area contributed by atoms with E-state index in [-0.39, 0.29) is 5.75 Å². The SMILES string of the molecule is FC(F)(F)COc1ccc(CNCc2cc(Cl)c3c(c2)OCCO3)cc1. The summed E-state index contributed by atoms with van der Waals surface area (Å²) in [6, 6.07) is 10.2. The number of ether oxygens (including phenoxy) is 3. The van der Waals surface area contributed by atoms with Crippen LogP contribution in [-0.2, 0) is 13.1 Å². The third kappa shape index (κ3) is 5.19. The molecule has 0 spiro atoms. The van der Waals surface area contributed by atoms with Crippen LogP contribution < -0.4 is 19.5 Å². The number of benzene rings is 2. The van der Waals surface area contributed by atoms with Crippen LogP contribution in [0.1, 0.15) is 11.1 Å². The maximum atomic E-state index is 12.1. The lowest BCUT2D eigenvalue weighted by molar-refractivity contribution is -0.153. The number of rotatable bonds is 6. The summed E-state index contributed by atoms with van der Waals surface area (Å²) in [5.74, 6) is 1.38. The van der Waals surface area contributed by atoms with Gasteiger partial charge in [-0.15, -0.1) is 0 Å². The molecular formula is C18H17ClF3NO3. The molecule has 0 radical (unpaired) electrons. The molecule has 0 unspecified atom stereocenters. The van der Waals surface area contributed by atoms with Crippen LogP contribution in [0.15, 0.2) is 36.4 Å². The lowest BCUT2D eigenvalue weighted by atomic mass is 10.1. The minimum Gasteiger partial charge on any atom is -0.486 e. The van der Waals surface area contributed by atoms with Crippen LogP contribution in [0.3, 0.4) is 0 Å². The zero-order chi connectivity index (χ0) is 18.6. The third-order valence-electron chi connectivity index (χ3n) is 3.64. The Labute approximate surface area is 153 Å². The van der Waals surface area contributed by atoms with Crippen molar-refractivity contribution in [3.8, 4) is 17.2 Å². The molecule has 140 valence electrons. The van der Waals surface area contributed by atoms with E-state index in [1.165, 1.54) is 12.1 Å². The van der Waals surface area contributed by atoms with Crippen molar-refractivity contribution in [2.24, 2.45) is 0 Å². The Balaban J connectivity index is 1.51. The van der Waals surface area contributed by atoms with Crippen molar-refractivity contribution in [1.29, 1.82) is 0 Å². The molecule has 0 fully saturated rings. The van der Waals surface area contributed by atoms with E-state index in [0.29, 0.717) is 42.8 Å². The lowest BCUT2D eigenvalue weighted by Crippen LogP contribution is -2.19. The fourth-order valence-electron chi connectivity index (χ4n) is 2.49. The number of fused-ring (bicyclic) bond motifs is 1. The monoisotopic (exact) mass is 387 g/mol. The topological polar surface area (TPSA) is 39.7 Å². The number of hydrogen-bond acceptors (Lipinski definition) is 4. The van der Waals surface area contributed by atoms with Crippen molar-refractivity contribution in [1.82, 2.24) is 5.32 Å². The second-order valence-electron chi connectivity index (χ2n) is 5.75. The predicted molar refractivity (Wildman–Crippen MR) is 91.0 cm³/mol. The summed E-state index contributed by atoms with van der Waals surface area (Å²) in [5, 5.41) is 3.76. The summed E-state index contributed by atoms with van der Waals surface area (Å²) in [6.07, 6.45) is -4.34. The number of alkyl halides is 3. The smallest absolute Gasteiger partial charge is 0.422 e. The summed E-state index contributed by atoms with van der Waals surface area (Å²) < 4.78 is 52.1. The highest BCUT2D eigenvalue weighted by Crippen LogP contribution is 2.38. The zero-order valence-corrected chi connectivity index (χ0v) is 14.5. The predicted octanol–water partition coefficient (Wildman–Crippen LogP) is 4.34. The second kappa shape index (κ2) is 8.05. The maximum absolute atomic E-state index is 12.1. The maximum Gasteiger partial charge on any atom is 0.422 e. The highest BCUT2D eigenvalue weighted by Gasteiger charge is 2.28. The molecule has 0 aliphatic carbocycles. The third-order valence-corrected chi connectivity index (χ3v) is 3.92. The van der Waals surface area contributed by atoms with Crippen molar-refractivity contribution in [2.75, 3.05) is 19.8 Å². The van der Waals surface area contributed by atoms with Crippen LogP contribution in [0.25, 0.3) is 0 Å². The van der Waals surface area contributed by atoms with Gasteiger partial charge < -0.3 is 19.5 Å². The van der Waals surface area contributed by atoms with Gasteiger partial charge in [0.1, 0.15) is 19.0 Å². The number of hydrogen-bond donors (Lipinski definition) is 1. The Morgan fingerprint density at radius 2 is 1.69 bits per heavy atom. The van der Waals surface area contributed by atoms with Crippen molar-refractivity contribution < 1.29 is 27.4 Å². The summed E-state index contributed by atoms with van der Waals surface area (Å²) in [7, 11) is 0. The quantitative estimate of drug-likeness (QED) is 0.800. The number of halogens is 4. The van der Waals surface area contributed by atoms with E-state index in [2.05, 4.69) is 10.1 Å². The van der Waals surface area contributed by atoms with Gasteiger partial charge in [-0.3, -0.25) is 0 Å². The molecular weight excluding hydrogens is 371 g/mol. The summed E-state index contributed by atoms with van der Waals surface area (Å²) in [4.78, 5) is 0. The molecule has 2 aromatic rings. The average Bonchev–Trinajstić information content (AvgIpc) is 2.60. The average molecular weight is 388 g/mol. The Kier molecular flexibility index (Phi) is 5.78. The van der Waals surface area contributed by atoms with Gasteiger partial charge >= 0.3 is 6.18 Å². The van der Waals surface area contributed by atoms with E-state index in [4.69, 9.17) is 21.1 Å². The minimum absolute atomic E-state index is 0.185. The van der Waals surface area contributed by atoms with Crippen molar-refractivity contribution >= 4 is 11.6 Å². The highest BCUT2D eigenvalue weighted by atomic mass is 35.5. The molecule has 4 nitrogen and oxygen atoms in total. The largest absolute Gasteiger partial charge is 0.486 e. The molecule has 0 amide bonds. The molecule has 0 saturated heterocycles. The first-order valence-electron chi connectivity index (χ1n) is 7.98. The molecule has 1 aliphatic rings. The highest BCUT2D eigenvalue weighted by molar-refractivity contribution is 6.32. The molecule has 0 atom stereocenters. The fraction of sp³-hybridized carbons (Fsp3) is 0.333. The molecule has 1 N–H and O–H groups in total. The first-order valence-corrected chi connectivity index (χ1v) is 8.36. The summed E-state index contributed by atoms with van der Waals surface area (Å²) >= 11 is 6.20. The van der Waals surface area contributed by atoms with Gasteiger partial charge in [-0.2, -0.15) is 13.2 Å². The van der Waals surface area contributed by atoms with Crippen molar-refractivity contribution in [3.63, 3.8) is 0 Å². The van der Waals surface area contributed by atoms with E-state index in [9.17, 15) is 13.2 Å². The van der Waals surface area contributed by atoms with Gasteiger partial charge in [-0.05, 0) is 35.4 Å². The van der Waals surface area contributed by atoms with E-state index in [1.54, 1.807) is 12.1 Å². The normalized spacial score (nSPS) is 13.5. The Morgan fingerprint density at radius 1 is 1.00 bits per heavy atom. The summed E-state index contributed by atoms with van der Waals surface area (Å²) in [5.41, 5.74) is 1.87. The molecule has 1 heterocycles. The van der Waals surface area contributed by atoms with Gasteiger partial charge in [0.15, 0.2) is 18.1 Å². The lowest BCUT2D eigenvalue weighted by Gasteiger charge is -2.20. The Morgan fingerprint density at radius 3 is 2.42 bits per heavy atom. The van der Waals surface area contributed by atoms with E-state index < -0.39 is 12.8 Å². The van der Waals surface area contributed by atoms with Gasteiger partial charge in [0, 0.05) is 13.1 Å². The molecule has 0 bridgehead atoms. The molecule has 26 heavy (non-hydrogen) atoms. The fourth-order valence-corrected chi connectivity index (χ4v) is 2.77. The molecule has 3 rings (SSSR count). The first kappa shape index (κ1) is 18.7. The zero-order valence-electron chi connectivity index (χ0n) is 13.7. The van der Waals surface area contributed by atoms with Gasteiger partial charge in [-0.25, -0.2) is 0 Å². The molecule has 2 aromatic carbocycles. The molecule has 8 heteroatoms. The Hall–Kier alpha value is -2.12. The second-order valence-corrected chi connectivity index (χ2v) is 6.16. The van der Waals surface area contributed by atoms with Gasteiger partial charge in [-0.1, -0.05) is 23.7 Å². The first-order chi connectivity index (χ1) is 12.4. The van der Waals surface area contributed by atoms with Gasteiger partial charge in [0.2, 0.25) is 0 Å². The van der Waals surface area contributed by atoms with Crippen LogP contribution in [0.2, 0.25) is 5.02 Å². The summed E-state index contributed by atoms with van der Waals surface area (Å²) in [6.45, 7) is 0.778. The van der Waals surface area contributed by atoms with E-state index in [0.717, 1.165) is 11.1 Å². The van der Waals surface area contributed by atoms with Crippen LogP contribution in [0, 0.1) is 0 Å². The molecule has 0 saturated carbocycles. The van der Waals surface area contributed by atoms with Crippen molar-refractivity contribution in [3.05, 3.63) is 52.5 Å². The molecule has 1 aliphatic heterocycles. The molecule has 0 aromatic heterocycles. The van der Waals surface area contributed by atoms with Gasteiger partial charge in [0.05, 0.1) is 5.02 Å². The van der Waals surface area contributed by atoms with Crippen LogP contribution in [0.5, 0.6) is 17.2 Å². The van der Waals surface area contributed by atoms with Crippen LogP contribution in [-0.4, -0.2) is 26.0 Å². The van der Waals surface area contributed by atoms with E-state index >= 15 is 0 Å². The van der Waals surface area contributed by atoms with Crippen molar-refractivity contribution in [2.45, 2.75) is 19.3 Å².